The SMILES string of the molecule is Nc1ccc(N2CCCS(=O)(=O)CC2)c(Cl)c1. The summed E-state index contributed by atoms with van der Waals surface area (Å²) < 4.78 is 23.0. The van der Waals surface area contributed by atoms with Crippen molar-refractivity contribution in [3.05, 3.63) is 23.2 Å². The van der Waals surface area contributed by atoms with E-state index < -0.39 is 9.84 Å². The summed E-state index contributed by atoms with van der Waals surface area (Å²) in [6, 6.07) is 5.31. The highest BCUT2D eigenvalue weighted by Crippen LogP contribution is 2.28. The number of hydrogen-bond donors (Lipinski definition) is 1. The predicted molar refractivity (Wildman–Crippen MR) is 71.3 cm³/mol. The number of nitrogens with zero attached hydrogens (tertiary/aromatic N) is 1. The maximum absolute atomic E-state index is 11.5. The van der Waals surface area contributed by atoms with Crippen LogP contribution >= 0.6 is 11.6 Å². The van der Waals surface area contributed by atoms with Gasteiger partial charge >= 0.3 is 0 Å². The molecule has 1 aromatic carbocycles. The van der Waals surface area contributed by atoms with Crippen molar-refractivity contribution in [1.29, 1.82) is 0 Å². The molecular weight excluding hydrogens is 260 g/mol. The number of benzene rings is 1. The van der Waals surface area contributed by atoms with Gasteiger partial charge in [-0.1, -0.05) is 11.6 Å². The summed E-state index contributed by atoms with van der Waals surface area (Å²) >= 11 is 6.12. The minimum atomic E-state index is -2.89. The van der Waals surface area contributed by atoms with E-state index in [1.165, 1.54) is 0 Å². The van der Waals surface area contributed by atoms with Gasteiger partial charge in [0, 0.05) is 18.8 Å². The number of halogens is 1. The Morgan fingerprint density at radius 3 is 2.71 bits per heavy atom. The fourth-order valence-electron chi connectivity index (χ4n) is 1.96. The Bertz CT molecular complexity index is 516. The largest absolute Gasteiger partial charge is 0.399 e. The molecule has 1 aliphatic rings. The van der Waals surface area contributed by atoms with Crippen LogP contribution in [0.4, 0.5) is 11.4 Å². The van der Waals surface area contributed by atoms with Crippen LogP contribution in [0.2, 0.25) is 5.02 Å². The van der Waals surface area contributed by atoms with Crippen LogP contribution in [0.15, 0.2) is 18.2 Å². The van der Waals surface area contributed by atoms with E-state index in [-0.39, 0.29) is 11.5 Å². The van der Waals surface area contributed by atoms with Gasteiger partial charge in [-0.3, -0.25) is 0 Å². The van der Waals surface area contributed by atoms with Gasteiger partial charge in [-0.05, 0) is 24.6 Å². The molecule has 0 aromatic heterocycles. The number of anilines is 2. The lowest BCUT2D eigenvalue weighted by atomic mass is 10.2. The van der Waals surface area contributed by atoms with Gasteiger partial charge in [-0.2, -0.15) is 0 Å². The quantitative estimate of drug-likeness (QED) is 0.789. The molecule has 1 aliphatic heterocycles. The van der Waals surface area contributed by atoms with Crippen molar-refractivity contribution in [2.75, 3.05) is 35.2 Å². The number of nitrogen functional groups attached to an aromatic ring is 1. The van der Waals surface area contributed by atoms with Gasteiger partial charge in [-0.15, -0.1) is 0 Å². The second-order valence-electron chi connectivity index (χ2n) is 4.20. The third-order valence-electron chi connectivity index (χ3n) is 2.87. The van der Waals surface area contributed by atoms with E-state index in [4.69, 9.17) is 17.3 Å². The normalized spacial score (nSPS) is 19.9. The molecule has 2 N–H and O–H groups in total. The Labute approximate surface area is 106 Å². The highest BCUT2D eigenvalue weighted by molar-refractivity contribution is 7.91. The van der Waals surface area contributed by atoms with E-state index in [0.717, 1.165) is 5.69 Å². The van der Waals surface area contributed by atoms with Crippen molar-refractivity contribution >= 4 is 32.8 Å². The molecule has 0 saturated carbocycles. The number of hydrogen-bond acceptors (Lipinski definition) is 4. The van der Waals surface area contributed by atoms with E-state index in [0.29, 0.717) is 30.2 Å². The lowest BCUT2D eigenvalue weighted by molar-refractivity contribution is 0.597. The zero-order valence-electron chi connectivity index (χ0n) is 9.39. The zero-order valence-corrected chi connectivity index (χ0v) is 11.0. The molecule has 1 aromatic rings. The molecule has 17 heavy (non-hydrogen) atoms. The first kappa shape index (κ1) is 12.5. The first-order valence-electron chi connectivity index (χ1n) is 5.48. The van der Waals surface area contributed by atoms with Gasteiger partial charge in [0.2, 0.25) is 0 Å². The van der Waals surface area contributed by atoms with E-state index in [1.807, 2.05) is 11.0 Å². The Kier molecular flexibility index (Phi) is 3.49. The summed E-state index contributed by atoms with van der Waals surface area (Å²) in [4.78, 5) is 2.01. The summed E-state index contributed by atoms with van der Waals surface area (Å²) in [6.45, 7) is 1.20. The van der Waals surface area contributed by atoms with E-state index in [1.54, 1.807) is 12.1 Å². The average Bonchev–Trinajstić information content (AvgIpc) is 2.40. The second kappa shape index (κ2) is 4.74. The molecule has 0 amide bonds. The molecule has 0 bridgehead atoms. The molecule has 1 fully saturated rings. The summed E-state index contributed by atoms with van der Waals surface area (Å²) in [5.74, 6) is 0.448. The number of rotatable bonds is 1. The summed E-state index contributed by atoms with van der Waals surface area (Å²) in [5, 5.41) is 0.573. The van der Waals surface area contributed by atoms with Crippen LogP contribution < -0.4 is 10.6 Å². The molecule has 0 aliphatic carbocycles. The molecule has 0 atom stereocenters. The fourth-order valence-corrected chi connectivity index (χ4v) is 3.54. The van der Waals surface area contributed by atoms with Gasteiger partial charge in [-0.25, -0.2) is 8.42 Å². The first-order chi connectivity index (χ1) is 7.98. The molecular formula is C11H15ClN2O2S. The maximum Gasteiger partial charge on any atom is 0.152 e. The molecule has 6 heteroatoms. The molecule has 4 nitrogen and oxygen atoms in total. The molecule has 0 spiro atoms. The smallest absolute Gasteiger partial charge is 0.152 e. The third kappa shape index (κ3) is 3.04. The van der Waals surface area contributed by atoms with Crippen LogP contribution in [0, 0.1) is 0 Å². The van der Waals surface area contributed by atoms with Crippen LogP contribution in [0.3, 0.4) is 0 Å². The highest BCUT2D eigenvalue weighted by Gasteiger charge is 2.20. The van der Waals surface area contributed by atoms with Crippen LogP contribution in [0.25, 0.3) is 0 Å². The Hall–Kier alpha value is -0.940. The average molecular weight is 275 g/mol. The summed E-state index contributed by atoms with van der Waals surface area (Å²) in [5.41, 5.74) is 7.10. The van der Waals surface area contributed by atoms with Crippen LogP contribution in [-0.2, 0) is 9.84 Å². The first-order valence-corrected chi connectivity index (χ1v) is 7.68. The molecule has 2 rings (SSSR count). The van der Waals surface area contributed by atoms with Crippen molar-refractivity contribution in [2.24, 2.45) is 0 Å². The Balaban J connectivity index is 2.23. The van der Waals surface area contributed by atoms with Crippen molar-refractivity contribution in [1.82, 2.24) is 0 Å². The lowest BCUT2D eigenvalue weighted by Gasteiger charge is -2.23. The van der Waals surface area contributed by atoms with Gasteiger partial charge in [0.15, 0.2) is 9.84 Å². The van der Waals surface area contributed by atoms with Gasteiger partial charge in [0.25, 0.3) is 0 Å². The van der Waals surface area contributed by atoms with Crippen molar-refractivity contribution in [3.63, 3.8) is 0 Å². The molecule has 0 radical (unpaired) electrons. The van der Waals surface area contributed by atoms with Crippen LogP contribution in [-0.4, -0.2) is 33.0 Å². The third-order valence-corrected chi connectivity index (χ3v) is 4.89. The summed E-state index contributed by atoms with van der Waals surface area (Å²) in [6.07, 6.45) is 0.642. The monoisotopic (exact) mass is 274 g/mol. The minimum absolute atomic E-state index is 0.188. The van der Waals surface area contributed by atoms with Gasteiger partial charge < -0.3 is 10.6 Å². The van der Waals surface area contributed by atoms with Crippen molar-refractivity contribution in [3.8, 4) is 0 Å². The molecule has 1 saturated heterocycles. The van der Waals surface area contributed by atoms with Crippen molar-refractivity contribution < 1.29 is 8.42 Å². The standard InChI is InChI=1S/C11H15ClN2O2S/c12-10-8-9(13)2-3-11(10)14-4-1-6-17(15,16)7-5-14/h2-3,8H,1,4-7,13H2. The molecule has 94 valence electrons. The predicted octanol–water partition coefficient (Wildman–Crippen LogP) is 1.55. The van der Waals surface area contributed by atoms with Crippen LogP contribution in [0.5, 0.6) is 0 Å². The Morgan fingerprint density at radius 2 is 2.00 bits per heavy atom. The molecule has 0 unspecified atom stereocenters. The highest BCUT2D eigenvalue weighted by atomic mass is 35.5. The Morgan fingerprint density at radius 1 is 1.24 bits per heavy atom. The molecule has 1 heterocycles. The fraction of sp³-hybridized carbons (Fsp3) is 0.455. The lowest BCUT2D eigenvalue weighted by Crippen LogP contribution is -2.26. The van der Waals surface area contributed by atoms with E-state index in [2.05, 4.69) is 0 Å². The zero-order chi connectivity index (χ0) is 12.5. The van der Waals surface area contributed by atoms with E-state index in [9.17, 15) is 8.42 Å². The van der Waals surface area contributed by atoms with E-state index >= 15 is 0 Å². The minimum Gasteiger partial charge on any atom is -0.399 e. The topological polar surface area (TPSA) is 63.4 Å². The summed E-state index contributed by atoms with van der Waals surface area (Å²) in [7, 11) is -2.89. The van der Waals surface area contributed by atoms with Gasteiger partial charge in [0.1, 0.15) is 0 Å². The van der Waals surface area contributed by atoms with Crippen molar-refractivity contribution in [2.45, 2.75) is 6.42 Å². The maximum atomic E-state index is 11.5. The van der Waals surface area contributed by atoms with Gasteiger partial charge in [0.05, 0.1) is 22.2 Å². The number of nitrogens with two attached hydrogens (primary N) is 1. The second-order valence-corrected chi connectivity index (χ2v) is 6.91. The van der Waals surface area contributed by atoms with Crippen LogP contribution in [0.1, 0.15) is 6.42 Å². The number of sulfone groups is 1.